The predicted molar refractivity (Wildman–Crippen MR) is 71.8 cm³/mol. The lowest BCUT2D eigenvalue weighted by Gasteiger charge is -2.20. The molecule has 0 N–H and O–H groups in total. The van der Waals surface area contributed by atoms with Crippen molar-refractivity contribution in [3.63, 3.8) is 0 Å². The van der Waals surface area contributed by atoms with Gasteiger partial charge in [0, 0.05) is 23.1 Å². The zero-order chi connectivity index (χ0) is 13.3. The van der Waals surface area contributed by atoms with Crippen molar-refractivity contribution in [3.05, 3.63) is 27.7 Å². The van der Waals surface area contributed by atoms with Crippen LogP contribution < -0.4 is 4.90 Å². The first-order valence-electron chi connectivity index (χ1n) is 5.73. The number of ether oxygens (including phenoxy) is 1. The maximum absolute atomic E-state index is 11.8. The van der Waals surface area contributed by atoms with Gasteiger partial charge in [0.15, 0.2) is 0 Å². The van der Waals surface area contributed by atoms with Gasteiger partial charge in [-0.15, -0.1) is 0 Å². The molecule has 0 saturated carbocycles. The Morgan fingerprint density at radius 3 is 2.72 bits per heavy atom. The van der Waals surface area contributed by atoms with Crippen molar-refractivity contribution in [1.29, 1.82) is 0 Å². The van der Waals surface area contributed by atoms with Gasteiger partial charge < -0.3 is 9.64 Å². The van der Waals surface area contributed by atoms with Crippen LogP contribution in [0.1, 0.15) is 28.8 Å². The van der Waals surface area contributed by atoms with E-state index in [4.69, 9.17) is 4.74 Å². The molecule has 1 fully saturated rings. The fourth-order valence-electron chi connectivity index (χ4n) is 2.17. The van der Waals surface area contributed by atoms with Gasteiger partial charge >= 0.3 is 5.97 Å². The molecule has 5 heteroatoms. The Hall–Kier alpha value is -1.36. The van der Waals surface area contributed by atoms with E-state index < -0.39 is 0 Å². The van der Waals surface area contributed by atoms with Crippen LogP contribution in [0, 0.1) is 6.92 Å². The molecule has 0 spiro atoms. The number of nitrogens with zero attached hydrogens (tertiary/aromatic N) is 1. The molecule has 18 heavy (non-hydrogen) atoms. The number of esters is 1. The van der Waals surface area contributed by atoms with Crippen molar-refractivity contribution in [3.8, 4) is 0 Å². The second kappa shape index (κ2) is 5.10. The number of carbonyl (C=O) groups is 2. The highest BCUT2D eigenvalue weighted by Crippen LogP contribution is 2.31. The molecular weight excluding hydrogens is 298 g/mol. The molecule has 0 aromatic heterocycles. The van der Waals surface area contributed by atoms with Gasteiger partial charge in [-0.3, -0.25) is 4.79 Å². The highest BCUT2D eigenvalue weighted by atomic mass is 79.9. The number of amides is 1. The van der Waals surface area contributed by atoms with Crippen LogP contribution in [0.3, 0.4) is 0 Å². The lowest BCUT2D eigenvalue weighted by Crippen LogP contribution is -2.25. The summed E-state index contributed by atoms with van der Waals surface area (Å²) in [5, 5.41) is 0. The monoisotopic (exact) mass is 311 g/mol. The minimum Gasteiger partial charge on any atom is -0.465 e. The summed E-state index contributed by atoms with van der Waals surface area (Å²) < 4.78 is 5.52. The summed E-state index contributed by atoms with van der Waals surface area (Å²) in [6.45, 7) is 2.54. The molecule has 4 nitrogen and oxygen atoms in total. The number of rotatable bonds is 2. The van der Waals surface area contributed by atoms with E-state index in [2.05, 4.69) is 15.9 Å². The van der Waals surface area contributed by atoms with Crippen molar-refractivity contribution in [2.75, 3.05) is 18.6 Å². The summed E-state index contributed by atoms with van der Waals surface area (Å²) in [4.78, 5) is 25.2. The summed E-state index contributed by atoms with van der Waals surface area (Å²) in [5.41, 5.74) is 2.05. The number of carbonyl (C=O) groups excluding carboxylic acids is 2. The zero-order valence-corrected chi connectivity index (χ0v) is 11.9. The van der Waals surface area contributed by atoms with Gasteiger partial charge in [0.05, 0.1) is 12.7 Å². The van der Waals surface area contributed by atoms with E-state index in [1.165, 1.54) is 7.11 Å². The van der Waals surface area contributed by atoms with E-state index in [0.717, 1.165) is 22.1 Å². The molecule has 1 aliphatic rings. The lowest BCUT2D eigenvalue weighted by molar-refractivity contribution is -0.117. The zero-order valence-electron chi connectivity index (χ0n) is 10.3. The molecule has 0 bridgehead atoms. The lowest BCUT2D eigenvalue weighted by atomic mass is 10.1. The second-order valence-electron chi connectivity index (χ2n) is 4.24. The van der Waals surface area contributed by atoms with Crippen molar-refractivity contribution in [2.24, 2.45) is 0 Å². The molecule has 1 saturated heterocycles. The maximum Gasteiger partial charge on any atom is 0.338 e. The van der Waals surface area contributed by atoms with Crippen molar-refractivity contribution in [1.82, 2.24) is 0 Å². The van der Waals surface area contributed by atoms with Gasteiger partial charge in [-0.2, -0.15) is 0 Å². The Bertz CT molecular complexity index is 513. The molecule has 0 radical (unpaired) electrons. The van der Waals surface area contributed by atoms with Crippen LogP contribution in [-0.4, -0.2) is 25.5 Å². The van der Waals surface area contributed by atoms with Crippen LogP contribution in [0.5, 0.6) is 0 Å². The molecule has 96 valence electrons. The van der Waals surface area contributed by atoms with Crippen LogP contribution in [0.2, 0.25) is 0 Å². The largest absolute Gasteiger partial charge is 0.465 e. The first kappa shape index (κ1) is 13.1. The summed E-state index contributed by atoms with van der Waals surface area (Å²) in [5.74, 6) is -0.284. The Kier molecular flexibility index (Phi) is 3.71. The number of anilines is 1. The van der Waals surface area contributed by atoms with Gasteiger partial charge in [-0.25, -0.2) is 4.79 Å². The molecule has 0 aliphatic carbocycles. The number of halogens is 1. The molecule has 1 heterocycles. The second-order valence-corrected chi connectivity index (χ2v) is 5.15. The Morgan fingerprint density at radius 1 is 1.44 bits per heavy atom. The molecular formula is C13H14BrNO3. The van der Waals surface area contributed by atoms with Crippen LogP contribution in [0.25, 0.3) is 0 Å². The Morgan fingerprint density at radius 2 is 2.17 bits per heavy atom. The fraction of sp³-hybridized carbons (Fsp3) is 0.385. The highest BCUT2D eigenvalue weighted by molar-refractivity contribution is 9.10. The number of benzene rings is 1. The highest BCUT2D eigenvalue weighted by Gasteiger charge is 2.25. The quantitative estimate of drug-likeness (QED) is 0.789. The summed E-state index contributed by atoms with van der Waals surface area (Å²) in [7, 11) is 1.35. The average Bonchev–Trinajstić information content (AvgIpc) is 2.77. The third-order valence-electron chi connectivity index (χ3n) is 3.11. The standard InChI is InChI=1S/C13H14BrNO3/c1-8-10(13(17)18-2)6-9(14)7-11(8)15-5-3-4-12(15)16/h6-7H,3-5H2,1-2H3. The minimum absolute atomic E-state index is 0.104. The minimum atomic E-state index is -0.387. The van der Waals surface area contributed by atoms with Gasteiger partial charge in [0.2, 0.25) is 5.91 Å². The Balaban J connectivity index is 2.51. The topological polar surface area (TPSA) is 46.6 Å². The fourth-order valence-corrected chi connectivity index (χ4v) is 2.62. The van der Waals surface area contributed by atoms with Gasteiger partial charge in [-0.1, -0.05) is 15.9 Å². The van der Waals surface area contributed by atoms with Crippen LogP contribution >= 0.6 is 15.9 Å². The third-order valence-corrected chi connectivity index (χ3v) is 3.57. The average molecular weight is 312 g/mol. The van der Waals surface area contributed by atoms with E-state index in [9.17, 15) is 9.59 Å². The molecule has 1 aliphatic heterocycles. The van der Waals surface area contributed by atoms with E-state index in [0.29, 0.717) is 18.5 Å². The maximum atomic E-state index is 11.8. The number of hydrogen-bond acceptors (Lipinski definition) is 3. The molecule has 1 aromatic carbocycles. The first-order valence-corrected chi connectivity index (χ1v) is 6.52. The predicted octanol–water partition coefficient (Wildman–Crippen LogP) is 2.67. The number of hydrogen-bond donors (Lipinski definition) is 0. The molecule has 2 rings (SSSR count). The van der Waals surface area contributed by atoms with Crippen molar-refractivity contribution < 1.29 is 14.3 Å². The van der Waals surface area contributed by atoms with E-state index in [1.54, 1.807) is 11.0 Å². The summed E-state index contributed by atoms with van der Waals surface area (Å²) in [6.07, 6.45) is 1.43. The van der Waals surface area contributed by atoms with Crippen molar-refractivity contribution in [2.45, 2.75) is 19.8 Å². The normalized spacial score (nSPS) is 15.1. The van der Waals surface area contributed by atoms with Crippen molar-refractivity contribution >= 4 is 33.5 Å². The van der Waals surface area contributed by atoms with Crippen LogP contribution in [0.15, 0.2) is 16.6 Å². The first-order chi connectivity index (χ1) is 8.54. The third kappa shape index (κ3) is 2.27. The van der Waals surface area contributed by atoms with Gasteiger partial charge in [0.1, 0.15) is 0 Å². The van der Waals surface area contributed by atoms with E-state index >= 15 is 0 Å². The van der Waals surface area contributed by atoms with Gasteiger partial charge in [0.25, 0.3) is 0 Å². The smallest absolute Gasteiger partial charge is 0.338 e. The van der Waals surface area contributed by atoms with E-state index in [1.807, 2.05) is 13.0 Å². The van der Waals surface area contributed by atoms with E-state index in [-0.39, 0.29) is 11.9 Å². The molecule has 0 unspecified atom stereocenters. The summed E-state index contributed by atoms with van der Waals surface area (Å²) >= 11 is 3.37. The van der Waals surface area contributed by atoms with Crippen LogP contribution in [0.4, 0.5) is 5.69 Å². The van der Waals surface area contributed by atoms with Crippen LogP contribution in [-0.2, 0) is 9.53 Å². The molecule has 1 amide bonds. The molecule has 1 aromatic rings. The summed E-state index contributed by atoms with van der Waals surface area (Å²) in [6, 6.07) is 3.58. The number of methoxy groups -OCH3 is 1. The van der Waals surface area contributed by atoms with Gasteiger partial charge in [-0.05, 0) is 31.0 Å². The Labute approximate surface area is 114 Å². The molecule has 0 atom stereocenters. The SMILES string of the molecule is COC(=O)c1cc(Br)cc(N2CCCC2=O)c1C.